The van der Waals surface area contributed by atoms with Crippen LogP contribution < -0.4 is 0 Å². The summed E-state index contributed by atoms with van der Waals surface area (Å²) >= 11 is 0. The van der Waals surface area contributed by atoms with E-state index in [0.29, 0.717) is 18.0 Å². The number of pyridine rings is 1. The van der Waals surface area contributed by atoms with E-state index < -0.39 is 0 Å². The highest BCUT2D eigenvalue weighted by Gasteiger charge is 2.34. The molecule has 0 aromatic carbocycles. The Balaban J connectivity index is 1.60. The Morgan fingerprint density at radius 2 is 2.23 bits per heavy atom. The van der Waals surface area contributed by atoms with Gasteiger partial charge in [0.25, 0.3) is 0 Å². The van der Waals surface area contributed by atoms with Crippen LogP contribution in [0.25, 0.3) is 5.65 Å². The predicted octanol–water partition coefficient (Wildman–Crippen LogP) is 2.91. The summed E-state index contributed by atoms with van der Waals surface area (Å²) in [4.78, 5) is 16.0. The van der Waals surface area contributed by atoms with Gasteiger partial charge in [-0.15, -0.1) is 0 Å². The molecule has 0 amide bonds. The second-order valence-electron chi connectivity index (χ2n) is 6.26. The first-order chi connectivity index (χ1) is 10.6. The molecule has 22 heavy (non-hydrogen) atoms. The van der Waals surface area contributed by atoms with Crippen LogP contribution in [0.4, 0.5) is 0 Å². The minimum absolute atomic E-state index is 0.0319. The SMILES string of the molecule is CC(=O)c1cnn(Cc2cn3ccc(C4CC4C)cc3n2)c1. The Morgan fingerprint density at radius 3 is 2.91 bits per heavy atom. The van der Waals surface area contributed by atoms with Gasteiger partial charge < -0.3 is 4.40 Å². The van der Waals surface area contributed by atoms with E-state index in [1.54, 1.807) is 24.0 Å². The normalized spacial score (nSPS) is 20.5. The number of carbonyl (C=O) groups excluding carboxylic acids is 1. The van der Waals surface area contributed by atoms with Crippen molar-refractivity contribution in [1.82, 2.24) is 19.2 Å². The number of rotatable bonds is 4. The number of fused-ring (bicyclic) bond motifs is 1. The molecule has 1 fully saturated rings. The average Bonchev–Trinajstić information content (AvgIpc) is 2.90. The van der Waals surface area contributed by atoms with Gasteiger partial charge in [0, 0.05) is 18.6 Å². The lowest BCUT2D eigenvalue weighted by molar-refractivity contribution is 0.101. The standard InChI is InChI=1S/C17H18N4O/c1-11-5-16(11)13-3-4-20-9-15(19-17(20)6-13)10-21-8-14(7-18-21)12(2)22/h3-4,6-9,11,16H,5,10H2,1-2H3. The lowest BCUT2D eigenvalue weighted by Gasteiger charge is -1.99. The van der Waals surface area contributed by atoms with Crippen molar-refractivity contribution in [2.24, 2.45) is 5.92 Å². The maximum absolute atomic E-state index is 11.3. The van der Waals surface area contributed by atoms with Crippen molar-refractivity contribution in [2.75, 3.05) is 0 Å². The zero-order valence-electron chi connectivity index (χ0n) is 12.7. The molecule has 3 aromatic heterocycles. The molecule has 2 unspecified atom stereocenters. The monoisotopic (exact) mass is 294 g/mol. The molecule has 1 aliphatic carbocycles. The maximum atomic E-state index is 11.3. The van der Waals surface area contributed by atoms with Crippen molar-refractivity contribution < 1.29 is 4.79 Å². The second-order valence-corrected chi connectivity index (χ2v) is 6.26. The Kier molecular flexibility index (Phi) is 2.89. The number of carbonyl (C=O) groups is 1. The van der Waals surface area contributed by atoms with Crippen molar-refractivity contribution in [3.8, 4) is 0 Å². The number of imidazole rings is 1. The van der Waals surface area contributed by atoms with E-state index in [1.807, 2.05) is 10.6 Å². The molecule has 3 heterocycles. The van der Waals surface area contributed by atoms with E-state index in [-0.39, 0.29) is 5.78 Å². The van der Waals surface area contributed by atoms with Crippen LogP contribution in [0.15, 0.2) is 36.9 Å². The summed E-state index contributed by atoms with van der Waals surface area (Å²) in [6.45, 7) is 4.41. The molecule has 5 heteroatoms. The van der Waals surface area contributed by atoms with Gasteiger partial charge in [-0.3, -0.25) is 9.48 Å². The Hall–Kier alpha value is -2.43. The summed E-state index contributed by atoms with van der Waals surface area (Å²) in [6, 6.07) is 4.37. The van der Waals surface area contributed by atoms with Gasteiger partial charge in [-0.25, -0.2) is 4.98 Å². The first-order valence-corrected chi connectivity index (χ1v) is 7.61. The number of Topliss-reactive ketones (excluding diaryl/α,β-unsaturated/α-hetero) is 1. The van der Waals surface area contributed by atoms with E-state index in [0.717, 1.165) is 17.3 Å². The van der Waals surface area contributed by atoms with Gasteiger partial charge in [-0.2, -0.15) is 5.10 Å². The topological polar surface area (TPSA) is 52.2 Å². The summed E-state index contributed by atoms with van der Waals surface area (Å²) in [5.41, 5.74) is 3.94. The van der Waals surface area contributed by atoms with Gasteiger partial charge in [0.15, 0.2) is 5.78 Å². The summed E-state index contributed by atoms with van der Waals surface area (Å²) < 4.78 is 3.80. The molecule has 112 valence electrons. The van der Waals surface area contributed by atoms with Gasteiger partial charge in [0.2, 0.25) is 0 Å². The van der Waals surface area contributed by atoms with Crippen LogP contribution >= 0.6 is 0 Å². The maximum Gasteiger partial charge on any atom is 0.162 e. The molecule has 5 nitrogen and oxygen atoms in total. The molecule has 1 saturated carbocycles. The molecule has 0 N–H and O–H groups in total. The first kappa shape index (κ1) is 13.2. The molecule has 2 atom stereocenters. The fourth-order valence-corrected chi connectivity index (χ4v) is 2.94. The Labute approximate surface area is 128 Å². The molecular formula is C17H18N4O. The number of nitrogens with zero attached hydrogens (tertiary/aromatic N) is 4. The molecule has 0 spiro atoms. The van der Waals surface area contributed by atoms with Crippen molar-refractivity contribution in [2.45, 2.75) is 32.7 Å². The predicted molar refractivity (Wildman–Crippen MR) is 83.0 cm³/mol. The molecule has 0 saturated heterocycles. The largest absolute Gasteiger partial charge is 0.307 e. The van der Waals surface area contributed by atoms with Gasteiger partial charge in [-0.1, -0.05) is 6.92 Å². The molecule has 4 rings (SSSR count). The average molecular weight is 294 g/mol. The van der Waals surface area contributed by atoms with Crippen molar-refractivity contribution >= 4 is 11.4 Å². The summed E-state index contributed by atoms with van der Waals surface area (Å²) in [5.74, 6) is 1.53. The van der Waals surface area contributed by atoms with Crippen LogP contribution in [-0.4, -0.2) is 24.9 Å². The van der Waals surface area contributed by atoms with Gasteiger partial charge in [0.05, 0.1) is 24.0 Å². The van der Waals surface area contributed by atoms with Crippen molar-refractivity contribution in [3.05, 3.63) is 53.7 Å². The van der Waals surface area contributed by atoms with Crippen molar-refractivity contribution in [1.29, 1.82) is 0 Å². The highest BCUT2D eigenvalue weighted by molar-refractivity contribution is 5.93. The van der Waals surface area contributed by atoms with Crippen molar-refractivity contribution in [3.63, 3.8) is 0 Å². The van der Waals surface area contributed by atoms with Gasteiger partial charge in [-0.05, 0) is 42.9 Å². The number of hydrogen-bond donors (Lipinski definition) is 0. The number of aromatic nitrogens is 4. The molecule has 1 aliphatic rings. The van der Waals surface area contributed by atoms with Crippen LogP contribution in [0.5, 0.6) is 0 Å². The zero-order chi connectivity index (χ0) is 15.3. The third-order valence-corrected chi connectivity index (χ3v) is 4.44. The lowest BCUT2D eigenvalue weighted by atomic mass is 10.1. The fraction of sp³-hybridized carbons (Fsp3) is 0.353. The molecule has 0 radical (unpaired) electrons. The summed E-state index contributed by atoms with van der Waals surface area (Å²) in [6.07, 6.45) is 8.75. The Bertz CT molecular complexity index is 861. The van der Waals surface area contributed by atoms with Crippen LogP contribution in [0.1, 0.15) is 47.8 Å². The third-order valence-electron chi connectivity index (χ3n) is 4.44. The zero-order valence-corrected chi connectivity index (χ0v) is 12.7. The van der Waals surface area contributed by atoms with E-state index in [9.17, 15) is 4.79 Å². The highest BCUT2D eigenvalue weighted by Crippen LogP contribution is 2.46. The smallest absolute Gasteiger partial charge is 0.162 e. The van der Waals surface area contributed by atoms with E-state index in [1.165, 1.54) is 12.0 Å². The molecule has 0 aliphatic heterocycles. The summed E-state index contributed by atoms with van der Waals surface area (Å²) in [5, 5.41) is 4.22. The highest BCUT2D eigenvalue weighted by atomic mass is 16.1. The van der Waals surface area contributed by atoms with E-state index in [2.05, 4.69) is 35.3 Å². The minimum Gasteiger partial charge on any atom is -0.307 e. The second kappa shape index (κ2) is 4.80. The lowest BCUT2D eigenvalue weighted by Crippen LogP contribution is -2.00. The van der Waals surface area contributed by atoms with Gasteiger partial charge >= 0.3 is 0 Å². The van der Waals surface area contributed by atoms with E-state index in [4.69, 9.17) is 0 Å². The van der Waals surface area contributed by atoms with E-state index >= 15 is 0 Å². The van der Waals surface area contributed by atoms with Crippen LogP contribution in [-0.2, 0) is 6.54 Å². The number of hydrogen-bond acceptors (Lipinski definition) is 3. The minimum atomic E-state index is 0.0319. The molecule has 3 aromatic rings. The Morgan fingerprint density at radius 1 is 1.41 bits per heavy atom. The van der Waals surface area contributed by atoms with Crippen LogP contribution in [0, 0.1) is 5.92 Å². The van der Waals surface area contributed by atoms with Crippen LogP contribution in [0.3, 0.4) is 0 Å². The quantitative estimate of drug-likeness (QED) is 0.695. The molecular weight excluding hydrogens is 276 g/mol. The fourth-order valence-electron chi connectivity index (χ4n) is 2.94. The molecule has 0 bridgehead atoms. The first-order valence-electron chi connectivity index (χ1n) is 7.61. The van der Waals surface area contributed by atoms with Gasteiger partial charge in [0.1, 0.15) is 5.65 Å². The number of ketones is 1. The third kappa shape index (κ3) is 2.32. The summed E-state index contributed by atoms with van der Waals surface area (Å²) in [7, 11) is 0. The van der Waals surface area contributed by atoms with Crippen LogP contribution in [0.2, 0.25) is 0 Å².